The first kappa shape index (κ1) is 13.6. The number of hydrogen-bond acceptors (Lipinski definition) is 3. The molecule has 3 rings (SSSR count). The summed E-state index contributed by atoms with van der Waals surface area (Å²) in [6.07, 6.45) is 3.21. The molecule has 0 fully saturated rings. The Labute approximate surface area is 124 Å². The molecule has 1 aromatic heterocycles. The lowest BCUT2D eigenvalue weighted by Gasteiger charge is -2.11. The van der Waals surface area contributed by atoms with E-state index < -0.39 is 0 Å². The number of carbonyl (C=O) groups is 1. The third kappa shape index (κ3) is 2.61. The minimum atomic E-state index is -0.0393. The highest BCUT2D eigenvalue weighted by Gasteiger charge is 2.28. The Morgan fingerprint density at radius 2 is 1.95 bits per heavy atom. The maximum atomic E-state index is 12.4. The van der Waals surface area contributed by atoms with Crippen LogP contribution in [0.4, 0.5) is 11.5 Å². The number of anilines is 2. The predicted molar refractivity (Wildman–Crippen MR) is 84.1 cm³/mol. The molecule has 1 atom stereocenters. The van der Waals surface area contributed by atoms with Gasteiger partial charge in [-0.2, -0.15) is 0 Å². The van der Waals surface area contributed by atoms with Gasteiger partial charge in [0.15, 0.2) is 0 Å². The van der Waals surface area contributed by atoms with Gasteiger partial charge in [0.25, 0.3) is 0 Å². The van der Waals surface area contributed by atoms with Gasteiger partial charge in [0.05, 0.1) is 0 Å². The van der Waals surface area contributed by atoms with Crippen molar-refractivity contribution in [1.82, 2.24) is 4.98 Å². The number of hydrogen-bond donors (Lipinski definition) is 2. The van der Waals surface area contributed by atoms with Crippen LogP contribution in [-0.4, -0.2) is 10.9 Å². The number of rotatable bonds is 2. The molecule has 2 aromatic rings. The van der Waals surface area contributed by atoms with Gasteiger partial charge in [-0.15, -0.1) is 0 Å². The largest absolute Gasteiger partial charge is 0.399 e. The number of aryl methyl sites for hydroxylation is 2. The predicted octanol–water partition coefficient (Wildman–Crippen LogP) is 2.63. The van der Waals surface area contributed by atoms with Crippen LogP contribution in [-0.2, 0) is 17.6 Å². The Morgan fingerprint density at radius 1 is 1.24 bits per heavy atom. The first-order chi connectivity index (χ1) is 10.0. The summed E-state index contributed by atoms with van der Waals surface area (Å²) in [6, 6.07) is 7.91. The lowest BCUT2D eigenvalue weighted by Crippen LogP contribution is -2.24. The van der Waals surface area contributed by atoms with Crippen molar-refractivity contribution >= 4 is 17.4 Å². The number of nitrogens with one attached hydrogen (secondary N) is 1. The number of benzene rings is 1. The van der Waals surface area contributed by atoms with E-state index in [2.05, 4.69) is 16.4 Å². The highest BCUT2D eigenvalue weighted by Crippen LogP contribution is 2.31. The zero-order valence-corrected chi connectivity index (χ0v) is 12.3. The average molecular weight is 281 g/mol. The Morgan fingerprint density at radius 3 is 2.67 bits per heavy atom. The Balaban J connectivity index is 1.75. The van der Waals surface area contributed by atoms with Crippen molar-refractivity contribution in [3.8, 4) is 0 Å². The number of nitrogens with zero attached hydrogens (tertiary/aromatic N) is 1. The van der Waals surface area contributed by atoms with E-state index in [9.17, 15) is 4.79 Å². The van der Waals surface area contributed by atoms with Gasteiger partial charge in [0, 0.05) is 17.8 Å². The molecule has 21 heavy (non-hydrogen) atoms. The molecule has 1 aliphatic carbocycles. The molecule has 0 radical (unpaired) electrons. The van der Waals surface area contributed by atoms with Crippen LogP contribution in [0.2, 0.25) is 0 Å². The van der Waals surface area contributed by atoms with E-state index >= 15 is 0 Å². The molecular weight excluding hydrogens is 262 g/mol. The van der Waals surface area contributed by atoms with Crippen LogP contribution in [0.15, 0.2) is 30.5 Å². The summed E-state index contributed by atoms with van der Waals surface area (Å²) >= 11 is 0. The molecule has 108 valence electrons. The average Bonchev–Trinajstić information content (AvgIpc) is 2.85. The smallest absolute Gasteiger partial charge is 0.229 e. The molecule has 1 aliphatic rings. The third-order valence-corrected chi connectivity index (χ3v) is 4.14. The molecule has 3 N–H and O–H groups in total. The highest BCUT2D eigenvalue weighted by atomic mass is 16.1. The van der Waals surface area contributed by atoms with E-state index in [1.54, 1.807) is 6.20 Å². The number of aromatic nitrogens is 1. The minimum Gasteiger partial charge on any atom is -0.399 e. The second-order valence-corrected chi connectivity index (χ2v) is 5.74. The van der Waals surface area contributed by atoms with Crippen LogP contribution in [0.25, 0.3) is 0 Å². The van der Waals surface area contributed by atoms with Crippen LogP contribution in [0.3, 0.4) is 0 Å². The molecule has 4 nitrogen and oxygen atoms in total. The molecule has 0 aliphatic heterocycles. The zero-order chi connectivity index (χ0) is 15.0. The van der Waals surface area contributed by atoms with Crippen molar-refractivity contribution in [2.24, 2.45) is 5.92 Å². The van der Waals surface area contributed by atoms with Gasteiger partial charge in [-0.1, -0.05) is 12.1 Å². The van der Waals surface area contributed by atoms with Crippen LogP contribution in [0, 0.1) is 19.8 Å². The molecule has 4 heteroatoms. The van der Waals surface area contributed by atoms with Crippen LogP contribution >= 0.6 is 0 Å². The first-order valence-corrected chi connectivity index (χ1v) is 7.15. The van der Waals surface area contributed by atoms with Crippen molar-refractivity contribution in [1.29, 1.82) is 0 Å². The van der Waals surface area contributed by atoms with E-state index in [1.165, 1.54) is 11.1 Å². The molecule has 1 heterocycles. The fraction of sp³-hybridized carbons (Fsp3) is 0.294. The highest BCUT2D eigenvalue weighted by molar-refractivity contribution is 5.93. The van der Waals surface area contributed by atoms with Crippen molar-refractivity contribution in [2.75, 3.05) is 11.1 Å². The van der Waals surface area contributed by atoms with E-state index in [4.69, 9.17) is 5.73 Å². The summed E-state index contributed by atoms with van der Waals surface area (Å²) in [4.78, 5) is 16.6. The van der Waals surface area contributed by atoms with E-state index in [-0.39, 0.29) is 11.8 Å². The van der Waals surface area contributed by atoms with Gasteiger partial charge in [0.2, 0.25) is 5.91 Å². The standard InChI is InChI=1S/C17H19N3O/c1-10-4-3-5-19-16(10)20-17(21)14-7-12-6-11(2)15(18)9-13(12)8-14/h3-6,9,14H,7-8,18H2,1-2H3,(H,19,20,21). The molecule has 0 bridgehead atoms. The Bertz CT molecular complexity index is 678. The van der Waals surface area contributed by atoms with E-state index in [1.807, 2.05) is 32.0 Å². The summed E-state index contributed by atoms with van der Waals surface area (Å²) in [7, 11) is 0. The molecule has 1 unspecified atom stereocenters. The normalized spacial score (nSPS) is 16.6. The second-order valence-electron chi connectivity index (χ2n) is 5.74. The molecule has 1 aromatic carbocycles. The van der Waals surface area contributed by atoms with Crippen molar-refractivity contribution in [3.05, 3.63) is 52.7 Å². The number of fused-ring (bicyclic) bond motifs is 1. The van der Waals surface area contributed by atoms with Crippen LogP contribution < -0.4 is 11.1 Å². The summed E-state index contributed by atoms with van der Waals surface area (Å²) in [5, 5.41) is 2.93. The number of carbonyl (C=O) groups excluding carboxylic acids is 1. The maximum Gasteiger partial charge on any atom is 0.229 e. The molecule has 0 spiro atoms. The molecule has 0 saturated heterocycles. The quantitative estimate of drug-likeness (QED) is 0.831. The second kappa shape index (κ2) is 5.20. The lowest BCUT2D eigenvalue weighted by molar-refractivity contribution is -0.119. The lowest BCUT2D eigenvalue weighted by atomic mass is 10.1. The maximum absolute atomic E-state index is 12.4. The van der Waals surface area contributed by atoms with Gasteiger partial charge in [-0.25, -0.2) is 4.98 Å². The molecule has 1 amide bonds. The van der Waals surface area contributed by atoms with E-state index in [0.717, 1.165) is 29.7 Å². The van der Waals surface area contributed by atoms with Gasteiger partial charge >= 0.3 is 0 Å². The van der Waals surface area contributed by atoms with Crippen LogP contribution in [0.1, 0.15) is 22.3 Å². The summed E-state index contributed by atoms with van der Waals surface area (Å²) in [6.45, 7) is 3.94. The Hall–Kier alpha value is -2.36. The topological polar surface area (TPSA) is 68.0 Å². The van der Waals surface area contributed by atoms with Gasteiger partial charge < -0.3 is 11.1 Å². The summed E-state index contributed by atoms with van der Waals surface area (Å²) < 4.78 is 0. The van der Waals surface area contributed by atoms with Gasteiger partial charge in [0.1, 0.15) is 5.82 Å². The van der Waals surface area contributed by atoms with E-state index in [0.29, 0.717) is 5.82 Å². The zero-order valence-electron chi connectivity index (χ0n) is 12.3. The minimum absolute atomic E-state index is 0.0317. The number of nitrogen functional groups attached to an aromatic ring is 1. The monoisotopic (exact) mass is 281 g/mol. The van der Waals surface area contributed by atoms with Gasteiger partial charge in [-0.05, 0) is 61.1 Å². The van der Waals surface area contributed by atoms with Crippen molar-refractivity contribution < 1.29 is 4.79 Å². The first-order valence-electron chi connectivity index (χ1n) is 7.15. The fourth-order valence-corrected chi connectivity index (χ4v) is 2.84. The van der Waals surface area contributed by atoms with Crippen LogP contribution in [0.5, 0.6) is 0 Å². The molecular formula is C17H19N3O. The number of nitrogens with two attached hydrogens (primary N) is 1. The third-order valence-electron chi connectivity index (χ3n) is 4.14. The number of pyridine rings is 1. The fourth-order valence-electron chi connectivity index (χ4n) is 2.84. The SMILES string of the molecule is Cc1cc2c(cc1N)CC(C(=O)Nc1ncccc1C)C2. The number of amides is 1. The summed E-state index contributed by atoms with van der Waals surface area (Å²) in [5.41, 5.74) is 11.2. The molecule has 0 saturated carbocycles. The van der Waals surface area contributed by atoms with Crippen molar-refractivity contribution in [3.63, 3.8) is 0 Å². The van der Waals surface area contributed by atoms with Gasteiger partial charge in [-0.3, -0.25) is 4.79 Å². The summed E-state index contributed by atoms with van der Waals surface area (Å²) in [5.74, 6) is 0.640. The van der Waals surface area contributed by atoms with Crippen molar-refractivity contribution in [2.45, 2.75) is 26.7 Å². The Kier molecular flexibility index (Phi) is 3.37.